The Morgan fingerprint density at radius 2 is 1.95 bits per heavy atom. The van der Waals surface area contributed by atoms with Gasteiger partial charge in [0.1, 0.15) is 5.76 Å². The molecule has 0 unspecified atom stereocenters. The highest BCUT2D eigenvalue weighted by molar-refractivity contribution is 5.95. The molecular weight excluding hydrogens is 238 g/mol. The minimum atomic E-state index is -0.0984. The number of aryl methyl sites for hydroxylation is 3. The second-order valence-corrected chi connectivity index (χ2v) is 4.95. The van der Waals surface area contributed by atoms with Crippen molar-refractivity contribution in [3.05, 3.63) is 58.5 Å². The maximum absolute atomic E-state index is 12.1. The van der Waals surface area contributed by atoms with Crippen LogP contribution in [0, 0.1) is 20.8 Å². The monoisotopic (exact) mass is 257 g/mol. The van der Waals surface area contributed by atoms with E-state index in [2.05, 4.69) is 37.4 Å². The highest BCUT2D eigenvalue weighted by Gasteiger charge is 2.16. The lowest BCUT2D eigenvalue weighted by molar-refractivity contribution is 0.0938. The summed E-state index contributed by atoms with van der Waals surface area (Å²) in [7, 11) is 0. The van der Waals surface area contributed by atoms with Crippen molar-refractivity contribution in [1.82, 2.24) is 5.32 Å². The molecule has 1 aromatic carbocycles. The molecule has 100 valence electrons. The van der Waals surface area contributed by atoms with E-state index in [1.807, 2.05) is 6.92 Å². The van der Waals surface area contributed by atoms with Crippen LogP contribution in [0.1, 0.15) is 45.8 Å². The molecule has 19 heavy (non-hydrogen) atoms. The second kappa shape index (κ2) is 5.31. The van der Waals surface area contributed by atoms with Crippen molar-refractivity contribution >= 4 is 5.91 Å². The van der Waals surface area contributed by atoms with Gasteiger partial charge in [0.2, 0.25) is 0 Å². The van der Waals surface area contributed by atoms with Crippen LogP contribution >= 0.6 is 0 Å². The minimum Gasteiger partial charge on any atom is -0.469 e. The molecule has 2 rings (SSSR count). The van der Waals surface area contributed by atoms with E-state index in [-0.39, 0.29) is 11.9 Å². The summed E-state index contributed by atoms with van der Waals surface area (Å²) in [5, 5.41) is 3.00. The molecule has 0 saturated carbocycles. The molecule has 1 aromatic heterocycles. The Morgan fingerprint density at radius 3 is 2.53 bits per heavy atom. The van der Waals surface area contributed by atoms with E-state index in [1.165, 1.54) is 17.4 Å². The van der Waals surface area contributed by atoms with Gasteiger partial charge in [-0.05, 0) is 44.9 Å². The summed E-state index contributed by atoms with van der Waals surface area (Å²) in [6, 6.07) is 7.93. The van der Waals surface area contributed by atoms with Crippen molar-refractivity contribution in [1.29, 1.82) is 0 Å². The lowest BCUT2D eigenvalue weighted by atomic mass is 10.00. The third-order valence-electron chi connectivity index (χ3n) is 3.34. The number of furan rings is 1. The van der Waals surface area contributed by atoms with Gasteiger partial charge in [-0.15, -0.1) is 0 Å². The molecule has 1 heterocycles. The summed E-state index contributed by atoms with van der Waals surface area (Å²) < 4.78 is 5.15. The summed E-state index contributed by atoms with van der Waals surface area (Å²) >= 11 is 0. The van der Waals surface area contributed by atoms with Crippen molar-refractivity contribution in [3.63, 3.8) is 0 Å². The molecular formula is C16H19NO2. The number of hydrogen-bond donors (Lipinski definition) is 1. The Labute approximate surface area is 113 Å². The van der Waals surface area contributed by atoms with E-state index in [1.54, 1.807) is 13.0 Å². The van der Waals surface area contributed by atoms with E-state index in [9.17, 15) is 4.79 Å². The maximum Gasteiger partial charge on any atom is 0.255 e. The topological polar surface area (TPSA) is 42.2 Å². The first-order valence-electron chi connectivity index (χ1n) is 6.41. The Bertz CT molecular complexity index is 599. The molecule has 1 atom stereocenters. The first-order chi connectivity index (χ1) is 8.99. The van der Waals surface area contributed by atoms with Gasteiger partial charge in [-0.25, -0.2) is 0 Å². The molecule has 0 spiro atoms. The van der Waals surface area contributed by atoms with Gasteiger partial charge in [0, 0.05) is 0 Å². The summed E-state index contributed by atoms with van der Waals surface area (Å²) in [5.74, 6) is 0.545. The third-order valence-corrected chi connectivity index (χ3v) is 3.34. The SMILES string of the molecule is Cc1ccc([C@H](C)NC(=O)c2ccoc2C)c(C)c1. The van der Waals surface area contributed by atoms with E-state index in [0.717, 1.165) is 5.56 Å². The molecule has 2 aromatic rings. The highest BCUT2D eigenvalue weighted by atomic mass is 16.3. The van der Waals surface area contributed by atoms with Gasteiger partial charge < -0.3 is 9.73 Å². The molecule has 0 bridgehead atoms. The van der Waals surface area contributed by atoms with Gasteiger partial charge in [-0.2, -0.15) is 0 Å². The smallest absolute Gasteiger partial charge is 0.255 e. The Kier molecular flexibility index (Phi) is 3.74. The van der Waals surface area contributed by atoms with Gasteiger partial charge in [0.15, 0.2) is 0 Å². The quantitative estimate of drug-likeness (QED) is 0.911. The third kappa shape index (κ3) is 2.87. The fourth-order valence-electron chi connectivity index (χ4n) is 2.28. The molecule has 0 saturated heterocycles. The molecule has 3 heteroatoms. The van der Waals surface area contributed by atoms with Crippen molar-refractivity contribution in [2.24, 2.45) is 0 Å². The molecule has 1 N–H and O–H groups in total. The fourth-order valence-corrected chi connectivity index (χ4v) is 2.28. The number of rotatable bonds is 3. The summed E-state index contributed by atoms with van der Waals surface area (Å²) in [6.07, 6.45) is 1.53. The molecule has 0 aliphatic heterocycles. The van der Waals surface area contributed by atoms with E-state index >= 15 is 0 Å². The minimum absolute atomic E-state index is 0.0256. The van der Waals surface area contributed by atoms with Crippen LogP contribution in [0.15, 0.2) is 34.9 Å². The lowest BCUT2D eigenvalue weighted by Gasteiger charge is -2.17. The van der Waals surface area contributed by atoms with Crippen LogP contribution in [0.3, 0.4) is 0 Å². The molecule has 0 radical (unpaired) electrons. The average molecular weight is 257 g/mol. The van der Waals surface area contributed by atoms with Crippen molar-refractivity contribution in [2.75, 3.05) is 0 Å². The fraction of sp³-hybridized carbons (Fsp3) is 0.312. The Balaban J connectivity index is 2.15. The van der Waals surface area contributed by atoms with Gasteiger partial charge in [-0.1, -0.05) is 23.8 Å². The van der Waals surface area contributed by atoms with Crippen LogP contribution in [0.25, 0.3) is 0 Å². The predicted octanol–water partition coefficient (Wildman–Crippen LogP) is 3.70. The molecule has 1 amide bonds. The van der Waals surface area contributed by atoms with Crippen molar-refractivity contribution in [2.45, 2.75) is 33.7 Å². The van der Waals surface area contributed by atoms with Gasteiger partial charge in [0.05, 0.1) is 17.9 Å². The van der Waals surface area contributed by atoms with E-state index < -0.39 is 0 Å². The summed E-state index contributed by atoms with van der Waals surface area (Å²) in [4.78, 5) is 12.1. The normalized spacial score (nSPS) is 12.2. The average Bonchev–Trinajstić information content (AvgIpc) is 2.75. The van der Waals surface area contributed by atoms with Crippen LogP contribution in [0.5, 0.6) is 0 Å². The summed E-state index contributed by atoms with van der Waals surface area (Å²) in [5.41, 5.74) is 4.15. The molecule has 0 fully saturated rings. The van der Waals surface area contributed by atoms with Crippen LogP contribution in [0.4, 0.5) is 0 Å². The van der Waals surface area contributed by atoms with E-state index in [0.29, 0.717) is 11.3 Å². The number of hydrogen-bond acceptors (Lipinski definition) is 2. The number of benzene rings is 1. The Morgan fingerprint density at radius 1 is 1.21 bits per heavy atom. The Hall–Kier alpha value is -2.03. The molecule has 3 nitrogen and oxygen atoms in total. The second-order valence-electron chi connectivity index (χ2n) is 4.95. The van der Waals surface area contributed by atoms with Gasteiger partial charge in [0.25, 0.3) is 5.91 Å². The maximum atomic E-state index is 12.1. The van der Waals surface area contributed by atoms with Gasteiger partial charge in [-0.3, -0.25) is 4.79 Å². The number of carbonyl (C=O) groups is 1. The number of nitrogens with one attached hydrogen (secondary N) is 1. The van der Waals surface area contributed by atoms with Gasteiger partial charge >= 0.3 is 0 Å². The van der Waals surface area contributed by atoms with Crippen molar-refractivity contribution < 1.29 is 9.21 Å². The van der Waals surface area contributed by atoms with E-state index in [4.69, 9.17) is 4.42 Å². The molecule has 0 aliphatic carbocycles. The largest absolute Gasteiger partial charge is 0.469 e. The van der Waals surface area contributed by atoms with Crippen LogP contribution in [0.2, 0.25) is 0 Å². The standard InChI is InChI=1S/C16H19NO2/c1-10-5-6-14(11(2)9-10)12(3)17-16(18)15-7-8-19-13(15)4/h5-9,12H,1-4H3,(H,17,18)/t12-/m0/s1. The van der Waals surface area contributed by atoms with Crippen LogP contribution in [-0.2, 0) is 0 Å². The zero-order valence-electron chi connectivity index (χ0n) is 11.8. The first-order valence-corrected chi connectivity index (χ1v) is 6.41. The number of amides is 1. The predicted molar refractivity (Wildman–Crippen MR) is 75.2 cm³/mol. The van der Waals surface area contributed by atoms with Crippen LogP contribution in [-0.4, -0.2) is 5.91 Å². The lowest BCUT2D eigenvalue weighted by Crippen LogP contribution is -2.27. The van der Waals surface area contributed by atoms with Crippen LogP contribution < -0.4 is 5.32 Å². The molecule has 0 aliphatic rings. The zero-order valence-corrected chi connectivity index (χ0v) is 11.8. The zero-order chi connectivity index (χ0) is 14.0. The number of carbonyl (C=O) groups excluding carboxylic acids is 1. The van der Waals surface area contributed by atoms with Crippen molar-refractivity contribution in [3.8, 4) is 0 Å². The first kappa shape index (κ1) is 13.4. The summed E-state index contributed by atoms with van der Waals surface area (Å²) in [6.45, 7) is 7.91. The highest BCUT2D eigenvalue weighted by Crippen LogP contribution is 2.19.